The summed E-state index contributed by atoms with van der Waals surface area (Å²) in [6, 6.07) is 35.3. The van der Waals surface area contributed by atoms with Crippen molar-refractivity contribution in [2.45, 2.75) is 23.6 Å². The lowest BCUT2D eigenvalue weighted by molar-refractivity contribution is 0.0686. The second kappa shape index (κ2) is 20.7. The largest absolute Gasteiger partial charge is 0.490 e. The molecule has 6 rings (SSSR count). The van der Waals surface area contributed by atoms with E-state index in [2.05, 4.69) is 9.44 Å². The lowest BCUT2D eigenvalue weighted by Gasteiger charge is -2.15. The molecule has 4 N–H and O–H groups in total. The van der Waals surface area contributed by atoms with Crippen LogP contribution in [0.3, 0.4) is 0 Å². The molecule has 17 heteroatoms. The Morgan fingerprint density at radius 1 is 0.525 bits per heavy atom. The average molecular weight is 873 g/mol. The molecule has 318 valence electrons. The molecule has 0 saturated heterocycles. The monoisotopic (exact) mass is 872 g/mol. The number of benzene rings is 6. The van der Waals surface area contributed by atoms with Crippen LogP contribution in [0, 0.1) is 19.7 Å². The zero-order valence-corrected chi connectivity index (χ0v) is 34.4. The fourth-order valence-electron chi connectivity index (χ4n) is 5.53. The van der Waals surface area contributed by atoms with Gasteiger partial charge in [-0.05, 0) is 110 Å². The van der Waals surface area contributed by atoms with Crippen molar-refractivity contribution >= 4 is 43.4 Å². The number of anilines is 2. The number of aromatic carboxylic acids is 2. The average Bonchev–Trinajstić information content (AvgIpc) is 3.22. The number of ether oxygens (including phenoxy) is 4. The number of hydrogen-bond donors (Lipinski definition) is 4. The fourth-order valence-corrected chi connectivity index (χ4v) is 7.98. The van der Waals surface area contributed by atoms with Crippen LogP contribution in [-0.4, -0.2) is 65.4 Å². The molecular weight excluding hydrogens is 832 g/mol. The highest BCUT2D eigenvalue weighted by Gasteiger charge is 2.21. The molecular formula is C44H41FN2O12S2. The van der Waals surface area contributed by atoms with Gasteiger partial charge in [0.25, 0.3) is 20.0 Å². The van der Waals surface area contributed by atoms with Crippen LogP contribution in [0.5, 0.6) is 23.0 Å². The first-order chi connectivity index (χ1) is 29.1. The van der Waals surface area contributed by atoms with E-state index in [1.165, 1.54) is 60.7 Å². The van der Waals surface area contributed by atoms with E-state index >= 15 is 0 Å². The summed E-state index contributed by atoms with van der Waals surface area (Å²) in [7, 11) is -7.91. The fraction of sp³-hybridized carbons (Fsp3) is 0.136. The van der Waals surface area contributed by atoms with Crippen molar-refractivity contribution in [3.63, 3.8) is 0 Å². The molecule has 0 unspecified atom stereocenters. The Bertz CT molecular complexity index is 2680. The number of halogens is 1. The quantitative estimate of drug-likeness (QED) is 0.0606. The summed E-state index contributed by atoms with van der Waals surface area (Å²) in [6.45, 7) is 4.26. The number of carboxylic acid groups (broad SMARTS) is 2. The topological polar surface area (TPSA) is 204 Å². The minimum atomic E-state index is -4.14. The second-order valence-corrected chi connectivity index (χ2v) is 16.3. The van der Waals surface area contributed by atoms with E-state index in [-0.39, 0.29) is 53.9 Å². The molecule has 14 nitrogen and oxygen atoms in total. The molecule has 0 amide bonds. The van der Waals surface area contributed by atoms with Crippen molar-refractivity contribution in [3.05, 3.63) is 168 Å². The van der Waals surface area contributed by atoms with Crippen molar-refractivity contribution in [1.29, 1.82) is 0 Å². The Balaban J connectivity index is 0.000000231. The van der Waals surface area contributed by atoms with Gasteiger partial charge in [-0.3, -0.25) is 9.44 Å². The Kier molecular flexibility index (Phi) is 15.3. The third-order valence-electron chi connectivity index (χ3n) is 8.43. The predicted octanol–water partition coefficient (Wildman–Crippen LogP) is 8.04. The molecule has 61 heavy (non-hydrogen) atoms. The number of sulfonamides is 2. The van der Waals surface area contributed by atoms with Crippen LogP contribution in [0.15, 0.2) is 149 Å². The van der Waals surface area contributed by atoms with Crippen molar-refractivity contribution in [2.24, 2.45) is 0 Å². The van der Waals surface area contributed by atoms with Gasteiger partial charge in [0.2, 0.25) is 0 Å². The highest BCUT2D eigenvalue weighted by atomic mass is 32.2. The molecule has 0 atom stereocenters. The number of hydrogen-bond acceptors (Lipinski definition) is 10. The number of nitrogens with one attached hydrogen (secondary N) is 2. The number of carboxylic acids is 2. The lowest BCUT2D eigenvalue weighted by Crippen LogP contribution is -2.16. The van der Waals surface area contributed by atoms with Crippen molar-refractivity contribution in [2.75, 3.05) is 35.9 Å². The van der Waals surface area contributed by atoms with E-state index in [1.54, 1.807) is 73.7 Å². The molecule has 0 saturated carbocycles. The maximum absolute atomic E-state index is 13.9. The highest BCUT2D eigenvalue weighted by Crippen LogP contribution is 2.29. The first-order valence-corrected chi connectivity index (χ1v) is 21.3. The van der Waals surface area contributed by atoms with E-state index in [4.69, 9.17) is 29.2 Å². The van der Waals surface area contributed by atoms with Crippen molar-refractivity contribution in [3.8, 4) is 23.0 Å². The van der Waals surface area contributed by atoms with E-state index < -0.39 is 42.7 Å². The zero-order valence-electron chi connectivity index (χ0n) is 32.8. The normalized spacial score (nSPS) is 11.0. The number of aryl methyl sites for hydroxylation is 2. The van der Waals surface area contributed by atoms with Gasteiger partial charge in [-0.2, -0.15) is 0 Å². The van der Waals surface area contributed by atoms with Gasteiger partial charge in [0.15, 0.2) is 0 Å². The number of rotatable bonds is 18. The minimum Gasteiger partial charge on any atom is -0.490 e. The third kappa shape index (κ3) is 12.9. The first-order valence-electron chi connectivity index (χ1n) is 18.4. The van der Waals surface area contributed by atoms with E-state index in [0.29, 0.717) is 28.5 Å². The summed E-state index contributed by atoms with van der Waals surface area (Å²) in [5.74, 6) is -1.28. The number of para-hydroxylation sites is 4. The third-order valence-corrected chi connectivity index (χ3v) is 11.4. The van der Waals surface area contributed by atoms with Gasteiger partial charge in [-0.15, -0.1) is 0 Å². The Labute approximate surface area is 352 Å². The number of carbonyl (C=O) groups is 2. The van der Waals surface area contributed by atoms with Gasteiger partial charge in [-0.1, -0.05) is 54.1 Å². The standard InChI is InChI=1S/C23H23NO6S.C21H18FNO6S/c1-16-7-12-22(17(2)15-16)31(27,28)24-20-5-3-4-6-21(20)30-14-13-29-19-10-8-18(9-11-19)23(25)26;22-17-5-1-4-8-20(17)30(26,27)23-18-6-2-3-7-19(18)29-14-13-28-16-11-9-15(10-12-16)21(24)25/h3-12,15,24H,13-14H2,1-2H3,(H,25,26);1-12,23H,13-14H2,(H,24,25). The highest BCUT2D eigenvalue weighted by molar-refractivity contribution is 7.93. The smallest absolute Gasteiger partial charge is 0.335 e. The molecule has 0 aliphatic rings. The maximum atomic E-state index is 13.9. The molecule has 0 bridgehead atoms. The molecule has 0 radical (unpaired) electrons. The molecule has 6 aromatic rings. The second-order valence-electron chi connectivity index (χ2n) is 13.0. The SMILES string of the molecule is Cc1ccc(S(=O)(=O)Nc2ccccc2OCCOc2ccc(C(=O)O)cc2)c(C)c1.O=C(O)c1ccc(OCCOc2ccccc2NS(=O)(=O)c2ccccc2F)cc1. The molecule has 0 fully saturated rings. The molecule has 0 heterocycles. The Hall–Kier alpha value is -7.11. The molecule has 0 spiro atoms. The molecule has 0 aliphatic carbocycles. The summed E-state index contributed by atoms with van der Waals surface area (Å²) in [6.07, 6.45) is 0. The van der Waals surface area contributed by atoms with Gasteiger partial charge in [-0.25, -0.2) is 30.8 Å². The maximum Gasteiger partial charge on any atom is 0.335 e. The summed E-state index contributed by atoms with van der Waals surface area (Å²) in [5, 5.41) is 17.8. The summed E-state index contributed by atoms with van der Waals surface area (Å²) in [4.78, 5) is 21.5. The molecule has 0 aliphatic heterocycles. The van der Waals surface area contributed by atoms with Crippen LogP contribution in [0.2, 0.25) is 0 Å². The molecule has 0 aromatic heterocycles. The van der Waals surface area contributed by atoms with Crippen molar-refractivity contribution in [1.82, 2.24) is 0 Å². The summed E-state index contributed by atoms with van der Waals surface area (Å²) in [5.41, 5.74) is 2.45. The van der Waals surface area contributed by atoms with Crippen LogP contribution >= 0.6 is 0 Å². The lowest BCUT2D eigenvalue weighted by atomic mass is 10.2. The minimum absolute atomic E-state index is 0.0964. The van der Waals surface area contributed by atoms with Gasteiger partial charge in [0.05, 0.1) is 27.4 Å². The zero-order chi connectivity index (χ0) is 44.0. The molecule has 6 aromatic carbocycles. The van der Waals surface area contributed by atoms with Crippen LogP contribution in [-0.2, 0) is 20.0 Å². The van der Waals surface area contributed by atoms with E-state index in [9.17, 15) is 30.8 Å². The van der Waals surface area contributed by atoms with Gasteiger partial charge in [0, 0.05) is 0 Å². The summed E-state index contributed by atoms with van der Waals surface area (Å²) < 4.78 is 91.8. The van der Waals surface area contributed by atoms with E-state index in [0.717, 1.165) is 11.6 Å². The van der Waals surface area contributed by atoms with Crippen LogP contribution in [0.4, 0.5) is 15.8 Å². The van der Waals surface area contributed by atoms with Gasteiger partial charge in [0.1, 0.15) is 60.1 Å². The van der Waals surface area contributed by atoms with Crippen LogP contribution in [0.25, 0.3) is 0 Å². The Morgan fingerprint density at radius 3 is 1.38 bits per heavy atom. The van der Waals surface area contributed by atoms with Crippen molar-refractivity contribution < 1.29 is 60.0 Å². The summed E-state index contributed by atoms with van der Waals surface area (Å²) >= 11 is 0. The first kappa shape index (κ1) is 45.0. The van der Waals surface area contributed by atoms with Crippen LogP contribution in [0.1, 0.15) is 31.8 Å². The van der Waals surface area contributed by atoms with E-state index in [1.807, 2.05) is 13.0 Å². The predicted molar refractivity (Wildman–Crippen MR) is 226 cm³/mol. The Morgan fingerprint density at radius 2 is 0.934 bits per heavy atom. The van der Waals surface area contributed by atoms with Gasteiger partial charge >= 0.3 is 11.9 Å². The van der Waals surface area contributed by atoms with Gasteiger partial charge < -0.3 is 29.2 Å². The van der Waals surface area contributed by atoms with Crippen LogP contribution < -0.4 is 28.4 Å².